The normalized spacial score (nSPS) is 14.5. The Morgan fingerprint density at radius 3 is 2.23 bits per heavy atom. The Labute approximate surface area is 217 Å². The average Bonchev–Trinajstić information content (AvgIpc) is 2.85. The van der Waals surface area contributed by atoms with Gasteiger partial charge in [-0.15, -0.1) is 0 Å². The van der Waals surface area contributed by atoms with Gasteiger partial charge in [-0.2, -0.15) is 0 Å². The van der Waals surface area contributed by atoms with Crippen LogP contribution in [0, 0.1) is 0 Å². The van der Waals surface area contributed by atoms with Gasteiger partial charge in [0, 0.05) is 35.7 Å². The molecule has 1 fully saturated rings. The summed E-state index contributed by atoms with van der Waals surface area (Å²) in [6, 6.07) is 21.1. The fourth-order valence-electron chi connectivity index (χ4n) is 4.65. The topological polar surface area (TPSA) is 50.5 Å². The Kier molecular flexibility index (Phi) is 6.82. The number of rotatable bonds is 5. The van der Waals surface area contributed by atoms with Crippen LogP contribution in [0.2, 0.25) is 5.02 Å². The number of benzene rings is 3. The van der Waals surface area contributed by atoms with E-state index in [1.807, 2.05) is 60.7 Å². The maximum atomic E-state index is 13.9. The number of likely N-dealkylation sites (N-methyl/N-ethyl adjacent to an activating group) is 1. The SMILES string of the molecule is CN1CCN(c2cc(Cl)cc3c2c(=O)n(Cc2cccc(Br)c2)c(=O)n3Cc2ccccc2)CC1. The molecule has 0 unspecified atom stereocenters. The van der Waals surface area contributed by atoms with E-state index in [0.717, 1.165) is 47.5 Å². The van der Waals surface area contributed by atoms with Crippen LogP contribution < -0.4 is 16.1 Å². The summed E-state index contributed by atoms with van der Waals surface area (Å²) in [6.07, 6.45) is 0. The van der Waals surface area contributed by atoms with Gasteiger partial charge in [-0.3, -0.25) is 13.9 Å². The second kappa shape index (κ2) is 10.0. The van der Waals surface area contributed by atoms with Crippen molar-refractivity contribution in [2.45, 2.75) is 13.1 Å². The summed E-state index contributed by atoms with van der Waals surface area (Å²) in [4.78, 5) is 32.2. The molecule has 1 aromatic heterocycles. The molecule has 0 aliphatic carbocycles. The van der Waals surface area contributed by atoms with E-state index in [0.29, 0.717) is 22.5 Å². The molecule has 5 rings (SSSR count). The number of anilines is 1. The van der Waals surface area contributed by atoms with E-state index in [9.17, 15) is 9.59 Å². The van der Waals surface area contributed by atoms with Crippen molar-refractivity contribution in [1.82, 2.24) is 14.0 Å². The number of hydrogen-bond donors (Lipinski definition) is 0. The molecular weight excluding hydrogens is 528 g/mol. The van der Waals surface area contributed by atoms with Crippen molar-refractivity contribution in [3.05, 3.63) is 108 Å². The molecule has 0 N–H and O–H groups in total. The highest BCUT2D eigenvalue weighted by Gasteiger charge is 2.23. The zero-order chi connectivity index (χ0) is 24.5. The van der Waals surface area contributed by atoms with Crippen molar-refractivity contribution in [3.63, 3.8) is 0 Å². The summed E-state index contributed by atoms with van der Waals surface area (Å²) in [5.74, 6) is 0. The zero-order valence-corrected chi connectivity index (χ0v) is 21.8. The van der Waals surface area contributed by atoms with Gasteiger partial charge < -0.3 is 9.80 Å². The van der Waals surface area contributed by atoms with Crippen molar-refractivity contribution in [3.8, 4) is 0 Å². The predicted molar refractivity (Wildman–Crippen MR) is 146 cm³/mol. The number of fused-ring (bicyclic) bond motifs is 1. The van der Waals surface area contributed by atoms with Crippen LogP contribution in [0.4, 0.5) is 5.69 Å². The Morgan fingerprint density at radius 2 is 1.51 bits per heavy atom. The van der Waals surface area contributed by atoms with Crippen molar-refractivity contribution in [2.24, 2.45) is 0 Å². The smallest absolute Gasteiger partial charge is 0.332 e. The van der Waals surface area contributed by atoms with E-state index in [1.165, 1.54) is 4.57 Å². The number of hydrogen-bond acceptors (Lipinski definition) is 4. The Bertz CT molecular complexity index is 1490. The van der Waals surface area contributed by atoms with Crippen LogP contribution in [0.15, 0.2) is 80.8 Å². The molecule has 0 saturated carbocycles. The molecule has 35 heavy (non-hydrogen) atoms. The third kappa shape index (κ3) is 4.94. The standard InChI is InChI=1S/C27H26BrClN4O2/c1-30-10-12-31(13-11-30)23-15-22(29)16-24-25(23)26(34)33(18-20-8-5-9-21(28)14-20)27(35)32(24)17-19-6-3-2-4-7-19/h2-9,14-16H,10-13,17-18H2,1H3. The first kappa shape index (κ1) is 23.9. The summed E-state index contributed by atoms with van der Waals surface area (Å²) in [6.45, 7) is 3.89. The van der Waals surface area contributed by atoms with Crippen LogP contribution in [0.25, 0.3) is 10.9 Å². The average molecular weight is 554 g/mol. The molecule has 8 heteroatoms. The molecular formula is C27H26BrClN4O2. The first-order valence-electron chi connectivity index (χ1n) is 11.6. The van der Waals surface area contributed by atoms with E-state index in [1.54, 1.807) is 10.6 Å². The van der Waals surface area contributed by atoms with E-state index < -0.39 is 0 Å². The van der Waals surface area contributed by atoms with Gasteiger partial charge in [0.2, 0.25) is 0 Å². The van der Waals surface area contributed by atoms with Crippen molar-refractivity contribution in [2.75, 3.05) is 38.1 Å². The quantitative estimate of drug-likeness (QED) is 0.367. The molecule has 1 aliphatic heterocycles. The molecule has 1 aliphatic rings. The van der Waals surface area contributed by atoms with Gasteiger partial charge >= 0.3 is 5.69 Å². The maximum Gasteiger partial charge on any atom is 0.332 e. The van der Waals surface area contributed by atoms with Crippen molar-refractivity contribution < 1.29 is 0 Å². The second-order valence-corrected chi connectivity index (χ2v) is 10.3. The van der Waals surface area contributed by atoms with Gasteiger partial charge in [-0.05, 0) is 42.4 Å². The van der Waals surface area contributed by atoms with E-state index >= 15 is 0 Å². The zero-order valence-electron chi connectivity index (χ0n) is 19.5. The van der Waals surface area contributed by atoms with Gasteiger partial charge in [-0.1, -0.05) is 70.0 Å². The minimum absolute atomic E-state index is 0.187. The lowest BCUT2D eigenvalue weighted by Gasteiger charge is -2.34. The minimum atomic E-state index is -0.349. The van der Waals surface area contributed by atoms with Crippen LogP contribution in [0.5, 0.6) is 0 Å². The van der Waals surface area contributed by atoms with Crippen molar-refractivity contribution >= 4 is 44.1 Å². The predicted octanol–water partition coefficient (Wildman–Crippen LogP) is 4.43. The number of nitrogens with zero attached hydrogens (tertiary/aromatic N) is 4. The van der Waals surface area contributed by atoms with Crippen LogP contribution in [-0.4, -0.2) is 47.3 Å². The van der Waals surface area contributed by atoms with Gasteiger partial charge in [0.15, 0.2) is 0 Å². The van der Waals surface area contributed by atoms with Gasteiger partial charge in [0.25, 0.3) is 5.56 Å². The van der Waals surface area contributed by atoms with E-state index in [4.69, 9.17) is 11.6 Å². The maximum absolute atomic E-state index is 13.9. The molecule has 0 radical (unpaired) electrons. The summed E-state index contributed by atoms with van der Waals surface area (Å²) in [7, 11) is 2.09. The first-order chi connectivity index (χ1) is 16.9. The lowest BCUT2D eigenvalue weighted by molar-refractivity contribution is 0.313. The molecule has 4 aromatic rings. The molecule has 0 spiro atoms. The summed E-state index contributed by atoms with van der Waals surface area (Å²) in [5, 5.41) is 1.04. The van der Waals surface area contributed by atoms with Gasteiger partial charge in [0.05, 0.1) is 29.7 Å². The molecule has 0 atom stereocenters. The summed E-state index contributed by atoms with van der Waals surface area (Å²) < 4.78 is 3.93. The van der Waals surface area contributed by atoms with Gasteiger partial charge in [-0.25, -0.2) is 4.79 Å². The highest BCUT2D eigenvalue weighted by atomic mass is 79.9. The number of aromatic nitrogens is 2. The highest BCUT2D eigenvalue weighted by molar-refractivity contribution is 9.10. The monoisotopic (exact) mass is 552 g/mol. The highest BCUT2D eigenvalue weighted by Crippen LogP contribution is 2.29. The summed E-state index contributed by atoms with van der Waals surface area (Å²) in [5.41, 5.74) is 2.56. The largest absolute Gasteiger partial charge is 0.368 e. The Morgan fingerprint density at radius 1 is 0.829 bits per heavy atom. The van der Waals surface area contributed by atoms with E-state index in [2.05, 4.69) is 32.8 Å². The summed E-state index contributed by atoms with van der Waals surface area (Å²) >= 11 is 10.1. The molecule has 3 aromatic carbocycles. The number of halogens is 2. The minimum Gasteiger partial charge on any atom is -0.368 e. The molecule has 2 heterocycles. The van der Waals surface area contributed by atoms with Gasteiger partial charge in [0.1, 0.15) is 0 Å². The molecule has 1 saturated heterocycles. The van der Waals surface area contributed by atoms with Crippen LogP contribution in [0.3, 0.4) is 0 Å². The van der Waals surface area contributed by atoms with Crippen molar-refractivity contribution in [1.29, 1.82) is 0 Å². The lowest BCUT2D eigenvalue weighted by Crippen LogP contribution is -2.46. The lowest BCUT2D eigenvalue weighted by atomic mass is 10.1. The third-order valence-electron chi connectivity index (χ3n) is 6.53. The molecule has 180 valence electrons. The third-order valence-corrected chi connectivity index (χ3v) is 7.24. The van der Waals surface area contributed by atoms with Crippen LogP contribution in [-0.2, 0) is 13.1 Å². The number of piperazine rings is 1. The van der Waals surface area contributed by atoms with Crippen LogP contribution in [0.1, 0.15) is 11.1 Å². The van der Waals surface area contributed by atoms with E-state index in [-0.39, 0.29) is 17.8 Å². The Hall–Kier alpha value is -2.87. The Balaban J connectivity index is 1.76. The molecule has 0 amide bonds. The molecule has 0 bridgehead atoms. The van der Waals surface area contributed by atoms with Crippen LogP contribution >= 0.6 is 27.5 Å². The first-order valence-corrected chi connectivity index (χ1v) is 12.8. The fraction of sp³-hybridized carbons (Fsp3) is 0.259. The second-order valence-electron chi connectivity index (χ2n) is 8.98. The molecule has 6 nitrogen and oxygen atoms in total. The fourth-order valence-corrected chi connectivity index (χ4v) is 5.31.